The Balaban J connectivity index is 2.69. The number of rotatable bonds is 4. The highest BCUT2D eigenvalue weighted by Gasteiger charge is 1.97. The van der Waals surface area contributed by atoms with Crippen molar-refractivity contribution in [1.29, 1.82) is 0 Å². The Morgan fingerprint density at radius 1 is 1.19 bits per heavy atom. The third-order valence-corrected chi connectivity index (χ3v) is 2.53. The molecule has 1 rings (SSSR count). The van der Waals surface area contributed by atoms with Crippen molar-refractivity contribution in [1.82, 2.24) is 4.90 Å². The third kappa shape index (κ3) is 3.60. The van der Waals surface area contributed by atoms with Crippen LogP contribution in [-0.4, -0.2) is 31.6 Å². The summed E-state index contributed by atoms with van der Waals surface area (Å²) in [6, 6.07) is 7.84. The molecule has 0 atom stereocenters. The first-order chi connectivity index (χ1) is 7.81. The molecule has 0 bridgehead atoms. The summed E-state index contributed by atoms with van der Waals surface area (Å²) >= 11 is 0. The van der Waals surface area contributed by atoms with Gasteiger partial charge in [0.25, 0.3) is 0 Å². The highest BCUT2D eigenvalue weighted by Crippen LogP contribution is 2.15. The van der Waals surface area contributed by atoms with Crippen LogP contribution < -0.4 is 4.74 Å². The molecule has 16 heavy (non-hydrogen) atoms. The minimum atomic E-state index is 0.811. The van der Waals surface area contributed by atoms with E-state index in [-0.39, 0.29) is 0 Å². The van der Waals surface area contributed by atoms with Crippen molar-refractivity contribution >= 4 is 0 Å². The minimum Gasteiger partial charge on any atom is -0.495 e. The molecule has 0 radical (unpaired) electrons. The monoisotopic (exact) mass is 217 g/mol. The summed E-state index contributed by atoms with van der Waals surface area (Å²) in [5.74, 6) is 7.16. The zero-order valence-corrected chi connectivity index (χ0v) is 10.3. The van der Waals surface area contributed by atoms with E-state index in [1.807, 2.05) is 24.3 Å². The van der Waals surface area contributed by atoms with E-state index in [1.165, 1.54) is 0 Å². The number of benzene rings is 1. The van der Waals surface area contributed by atoms with Gasteiger partial charge in [-0.1, -0.05) is 37.8 Å². The van der Waals surface area contributed by atoms with Crippen LogP contribution in [0.4, 0.5) is 0 Å². The molecule has 0 saturated carbocycles. The zero-order chi connectivity index (χ0) is 11.8. The summed E-state index contributed by atoms with van der Waals surface area (Å²) in [6.07, 6.45) is 0. The van der Waals surface area contributed by atoms with Crippen molar-refractivity contribution in [2.24, 2.45) is 0 Å². The quantitative estimate of drug-likeness (QED) is 0.718. The molecule has 0 unspecified atom stereocenters. The van der Waals surface area contributed by atoms with Gasteiger partial charge in [0.15, 0.2) is 0 Å². The number of nitrogens with zero attached hydrogens (tertiary/aromatic N) is 1. The first-order valence-electron chi connectivity index (χ1n) is 5.66. The summed E-state index contributed by atoms with van der Waals surface area (Å²) < 4.78 is 5.24. The Labute approximate surface area is 98.2 Å². The molecule has 0 aliphatic carbocycles. The first-order valence-corrected chi connectivity index (χ1v) is 5.66. The molecular formula is C14H19NO. The number of ether oxygens (including phenoxy) is 1. The molecule has 0 heterocycles. The summed E-state index contributed by atoms with van der Waals surface area (Å²) in [6.45, 7) is 7.18. The lowest BCUT2D eigenvalue weighted by Gasteiger charge is -2.13. The van der Waals surface area contributed by atoms with Gasteiger partial charge in [0, 0.05) is 0 Å². The Morgan fingerprint density at radius 2 is 1.88 bits per heavy atom. The van der Waals surface area contributed by atoms with E-state index in [2.05, 4.69) is 30.6 Å². The van der Waals surface area contributed by atoms with Gasteiger partial charge in [-0.15, -0.1) is 0 Å². The molecule has 2 heteroatoms. The lowest BCUT2D eigenvalue weighted by atomic mass is 10.2. The van der Waals surface area contributed by atoms with Gasteiger partial charge in [-0.2, -0.15) is 0 Å². The van der Waals surface area contributed by atoms with E-state index in [0.717, 1.165) is 30.9 Å². The van der Waals surface area contributed by atoms with Crippen LogP contribution in [0.15, 0.2) is 24.3 Å². The molecule has 1 aromatic carbocycles. The summed E-state index contributed by atoms with van der Waals surface area (Å²) in [5, 5.41) is 0. The largest absolute Gasteiger partial charge is 0.495 e. The smallest absolute Gasteiger partial charge is 0.134 e. The second kappa shape index (κ2) is 6.92. The first kappa shape index (κ1) is 12.6. The zero-order valence-electron chi connectivity index (χ0n) is 10.3. The fourth-order valence-electron chi connectivity index (χ4n) is 1.44. The van der Waals surface area contributed by atoms with Crippen LogP contribution in [0.5, 0.6) is 5.75 Å². The predicted octanol–water partition coefficient (Wildman–Crippen LogP) is 2.39. The van der Waals surface area contributed by atoms with Crippen LogP contribution in [0.25, 0.3) is 0 Å². The van der Waals surface area contributed by atoms with Crippen molar-refractivity contribution in [3.63, 3.8) is 0 Å². The maximum absolute atomic E-state index is 5.24. The van der Waals surface area contributed by atoms with E-state index in [1.54, 1.807) is 7.11 Å². The van der Waals surface area contributed by atoms with Crippen LogP contribution in [0.1, 0.15) is 19.4 Å². The molecule has 0 fully saturated rings. The van der Waals surface area contributed by atoms with E-state index in [0.29, 0.717) is 0 Å². The highest BCUT2D eigenvalue weighted by molar-refractivity contribution is 5.45. The Morgan fingerprint density at radius 3 is 2.50 bits per heavy atom. The molecule has 0 aliphatic rings. The van der Waals surface area contributed by atoms with Gasteiger partial charge >= 0.3 is 0 Å². The van der Waals surface area contributed by atoms with E-state index < -0.39 is 0 Å². The van der Waals surface area contributed by atoms with Gasteiger partial charge in [0.1, 0.15) is 5.75 Å². The number of hydrogen-bond donors (Lipinski definition) is 0. The molecular weight excluding hydrogens is 198 g/mol. The Hall–Kier alpha value is -1.46. The standard InChI is InChI=1S/C14H19NO/c1-4-15(5-2)12-8-10-13-9-6-7-11-14(13)16-3/h6-7,9,11H,4-5,12H2,1-3H3. The molecule has 0 aromatic heterocycles. The number of para-hydroxylation sites is 1. The minimum absolute atomic E-state index is 0.811. The molecule has 86 valence electrons. The highest BCUT2D eigenvalue weighted by atomic mass is 16.5. The van der Waals surface area contributed by atoms with Crippen molar-refractivity contribution in [2.45, 2.75) is 13.8 Å². The van der Waals surface area contributed by atoms with E-state index in [4.69, 9.17) is 4.74 Å². The average molecular weight is 217 g/mol. The fraction of sp³-hybridized carbons (Fsp3) is 0.429. The van der Waals surface area contributed by atoms with Crippen molar-refractivity contribution < 1.29 is 4.74 Å². The van der Waals surface area contributed by atoms with Gasteiger partial charge < -0.3 is 4.74 Å². The van der Waals surface area contributed by atoms with E-state index >= 15 is 0 Å². The molecule has 2 nitrogen and oxygen atoms in total. The summed E-state index contributed by atoms with van der Waals surface area (Å²) in [4.78, 5) is 2.28. The van der Waals surface area contributed by atoms with Gasteiger partial charge in [-0.05, 0) is 25.2 Å². The summed E-state index contributed by atoms with van der Waals surface area (Å²) in [7, 11) is 1.67. The topological polar surface area (TPSA) is 12.5 Å². The maximum Gasteiger partial charge on any atom is 0.134 e. The van der Waals surface area contributed by atoms with Crippen LogP contribution >= 0.6 is 0 Å². The summed E-state index contributed by atoms with van der Waals surface area (Å²) in [5.41, 5.74) is 0.956. The third-order valence-electron chi connectivity index (χ3n) is 2.53. The number of methoxy groups -OCH3 is 1. The van der Waals surface area contributed by atoms with Gasteiger partial charge in [-0.25, -0.2) is 0 Å². The normalized spacial score (nSPS) is 9.75. The maximum atomic E-state index is 5.24. The molecule has 0 N–H and O–H groups in total. The van der Waals surface area contributed by atoms with Crippen LogP contribution in [0.2, 0.25) is 0 Å². The van der Waals surface area contributed by atoms with Crippen molar-refractivity contribution in [2.75, 3.05) is 26.7 Å². The molecule has 0 spiro atoms. The molecule has 1 aromatic rings. The number of hydrogen-bond acceptors (Lipinski definition) is 2. The lowest BCUT2D eigenvalue weighted by Crippen LogP contribution is -2.22. The second-order valence-corrected chi connectivity index (χ2v) is 3.46. The van der Waals surface area contributed by atoms with Crippen LogP contribution in [0, 0.1) is 11.8 Å². The average Bonchev–Trinajstić information content (AvgIpc) is 2.35. The Kier molecular flexibility index (Phi) is 5.45. The predicted molar refractivity (Wildman–Crippen MR) is 67.7 cm³/mol. The Bertz CT molecular complexity index is 372. The van der Waals surface area contributed by atoms with Crippen LogP contribution in [0.3, 0.4) is 0 Å². The fourth-order valence-corrected chi connectivity index (χ4v) is 1.44. The second-order valence-electron chi connectivity index (χ2n) is 3.46. The van der Waals surface area contributed by atoms with Crippen LogP contribution in [-0.2, 0) is 0 Å². The van der Waals surface area contributed by atoms with Gasteiger partial charge in [0.05, 0.1) is 19.2 Å². The molecule has 0 aliphatic heterocycles. The van der Waals surface area contributed by atoms with Gasteiger partial charge in [-0.3, -0.25) is 4.90 Å². The molecule has 0 saturated heterocycles. The van der Waals surface area contributed by atoms with Gasteiger partial charge in [0.2, 0.25) is 0 Å². The molecule has 0 amide bonds. The lowest BCUT2D eigenvalue weighted by molar-refractivity contribution is 0.342. The van der Waals surface area contributed by atoms with Crippen molar-refractivity contribution in [3.8, 4) is 17.6 Å². The van der Waals surface area contributed by atoms with Crippen molar-refractivity contribution in [3.05, 3.63) is 29.8 Å². The van der Waals surface area contributed by atoms with E-state index in [9.17, 15) is 0 Å². The SMILES string of the molecule is CCN(CC)CC#Cc1ccccc1OC.